The smallest absolute Gasteiger partial charge is 0.292 e. The quantitative estimate of drug-likeness (QED) is 0.786. The van der Waals surface area contributed by atoms with E-state index in [1.165, 1.54) is 6.26 Å². The van der Waals surface area contributed by atoms with Crippen LogP contribution in [0.1, 0.15) is 16.1 Å². The SMILES string of the molecule is O=C(Nc1ccnn1Cc1ccccc1Br)c1ccco1. The van der Waals surface area contributed by atoms with E-state index in [-0.39, 0.29) is 11.7 Å². The Balaban J connectivity index is 1.78. The number of carbonyl (C=O) groups is 1. The van der Waals surface area contributed by atoms with Gasteiger partial charge in [-0.2, -0.15) is 5.10 Å². The maximum Gasteiger partial charge on any atom is 0.292 e. The number of carbonyl (C=O) groups excluding carboxylic acids is 1. The summed E-state index contributed by atoms with van der Waals surface area (Å²) in [5.74, 6) is 0.588. The highest BCUT2D eigenvalue weighted by atomic mass is 79.9. The summed E-state index contributed by atoms with van der Waals surface area (Å²) in [5, 5.41) is 7.02. The number of nitrogens with zero attached hydrogens (tertiary/aromatic N) is 2. The molecule has 2 aromatic heterocycles. The van der Waals surface area contributed by atoms with Crippen molar-refractivity contribution in [2.45, 2.75) is 6.54 Å². The third-order valence-electron chi connectivity index (χ3n) is 2.98. The van der Waals surface area contributed by atoms with Gasteiger partial charge in [0, 0.05) is 10.5 Å². The molecule has 5 nitrogen and oxygen atoms in total. The zero-order valence-corrected chi connectivity index (χ0v) is 12.6. The summed E-state index contributed by atoms with van der Waals surface area (Å²) in [5.41, 5.74) is 1.08. The Bertz CT molecular complexity index is 750. The minimum atomic E-state index is -0.297. The molecule has 0 spiro atoms. The Morgan fingerprint density at radius 1 is 1.24 bits per heavy atom. The van der Waals surface area contributed by atoms with Gasteiger partial charge in [-0.1, -0.05) is 34.1 Å². The molecule has 6 heteroatoms. The Labute approximate surface area is 129 Å². The number of nitrogens with one attached hydrogen (secondary N) is 1. The number of rotatable bonds is 4. The van der Waals surface area contributed by atoms with E-state index in [0.717, 1.165) is 10.0 Å². The normalized spacial score (nSPS) is 10.5. The number of aromatic nitrogens is 2. The van der Waals surface area contributed by atoms with Crippen LogP contribution in [0.4, 0.5) is 5.82 Å². The molecule has 0 saturated heterocycles. The van der Waals surface area contributed by atoms with Gasteiger partial charge < -0.3 is 9.73 Å². The fourth-order valence-electron chi connectivity index (χ4n) is 1.94. The standard InChI is InChI=1S/C15H12BrN3O2/c16-12-5-2-1-4-11(12)10-19-14(7-8-17-19)18-15(20)13-6-3-9-21-13/h1-9H,10H2,(H,18,20). The van der Waals surface area contributed by atoms with E-state index < -0.39 is 0 Å². The van der Waals surface area contributed by atoms with E-state index in [1.54, 1.807) is 29.1 Å². The zero-order chi connectivity index (χ0) is 14.7. The Kier molecular flexibility index (Phi) is 3.87. The summed E-state index contributed by atoms with van der Waals surface area (Å²) in [4.78, 5) is 12.0. The van der Waals surface area contributed by atoms with Crippen LogP contribution in [0.2, 0.25) is 0 Å². The largest absolute Gasteiger partial charge is 0.459 e. The van der Waals surface area contributed by atoms with Gasteiger partial charge in [-0.05, 0) is 23.8 Å². The predicted molar refractivity (Wildman–Crippen MR) is 82.1 cm³/mol. The fourth-order valence-corrected chi connectivity index (χ4v) is 2.35. The molecule has 0 saturated carbocycles. The number of anilines is 1. The highest BCUT2D eigenvalue weighted by molar-refractivity contribution is 9.10. The fraction of sp³-hybridized carbons (Fsp3) is 0.0667. The molecule has 3 aromatic rings. The Morgan fingerprint density at radius 2 is 2.10 bits per heavy atom. The summed E-state index contributed by atoms with van der Waals surface area (Å²) in [7, 11) is 0. The number of furan rings is 1. The van der Waals surface area contributed by atoms with Gasteiger partial charge in [0.05, 0.1) is 19.0 Å². The van der Waals surface area contributed by atoms with E-state index in [0.29, 0.717) is 12.4 Å². The summed E-state index contributed by atoms with van der Waals surface area (Å²) >= 11 is 3.51. The summed E-state index contributed by atoms with van der Waals surface area (Å²) in [6, 6.07) is 12.9. The van der Waals surface area contributed by atoms with Crippen molar-refractivity contribution in [2.24, 2.45) is 0 Å². The molecule has 21 heavy (non-hydrogen) atoms. The lowest BCUT2D eigenvalue weighted by Crippen LogP contribution is -2.15. The lowest BCUT2D eigenvalue weighted by Gasteiger charge is -2.09. The molecule has 0 aliphatic carbocycles. The molecule has 1 N–H and O–H groups in total. The van der Waals surface area contributed by atoms with Gasteiger partial charge in [0.1, 0.15) is 5.82 Å². The molecule has 1 aromatic carbocycles. The first-order valence-electron chi connectivity index (χ1n) is 6.34. The van der Waals surface area contributed by atoms with Crippen molar-refractivity contribution in [3.8, 4) is 0 Å². The zero-order valence-electron chi connectivity index (χ0n) is 11.0. The molecular weight excluding hydrogens is 334 g/mol. The summed E-state index contributed by atoms with van der Waals surface area (Å²) in [6.07, 6.45) is 3.11. The Morgan fingerprint density at radius 3 is 2.86 bits per heavy atom. The van der Waals surface area contributed by atoms with Crippen LogP contribution in [0.15, 0.2) is 63.8 Å². The summed E-state index contributed by atoms with van der Waals surface area (Å²) < 4.78 is 7.80. The van der Waals surface area contributed by atoms with Crippen LogP contribution in [-0.2, 0) is 6.54 Å². The predicted octanol–water partition coefficient (Wildman–Crippen LogP) is 3.54. The molecule has 0 fully saturated rings. The van der Waals surface area contributed by atoms with E-state index in [1.807, 2.05) is 24.3 Å². The molecule has 2 heterocycles. The van der Waals surface area contributed by atoms with Gasteiger partial charge in [-0.3, -0.25) is 4.79 Å². The second-order valence-electron chi connectivity index (χ2n) is 4.40. The molecule has 0 radical (unpaired) electrons. The molecule has 3 rings (SSSR count). The van der Waals surface area contributed by atoms with Crippen molar-refractivity contribution in [3.63, 3.8) is 0 Å². The van der Waals surface area contributed by atoms with Gasteiger partial charge in [0.25, 0.3) is 5.91 Å². The number of amides is 1. The van der Waals surface area contributed by atoms with Crippen LogP contribution in [0.25, 0.3) is 0 Å². The third kappa shape index (κ3) is 3.05. The highest BCUT2D eigenvalue weighted by Gasteiger charge is 2.12. The van der Waals surface area contributed by atoms with Crippen LogP contribution in [0.5, 0.6) is 0 Å². The van der Waals surface area contributed by atoms with Crippen molar-refractivity contribution >= 4 is 27.7 Å². The lowest BCUT2D eigenvalue weighted by atomic mass is 10.2. The van der Waals surface area contributed by atoms with Crippen molar-refractivity contribution in [2.75, 3.05) is 5.32 Å². The lowest BCUT2D eigenvalue weighted by molar-refractivity contribution is 0.0995. The first-order valence-corrected chi connectivity index (χ1v) is 7.13. The first-order chi connectivity index (χ1) is 10.2. The van der Waals surface area contributed by atoms with Crippen LogP contribution in [-0.4, -0.2) is 15.7 Å². The van der Waals surface area contributed by atoms with Crippen molar-refractivity contribution in [3.05, 3.63) is 70.7 Å². The van der Waals surface area contributed by atoms with Gasteiger partial charge >= 0.3 is 0 Å². The second kappa shape index (κ2) is 5.97. The van der Waals surface area contributed by atoms with Crippen molar-refractivity contribution in [1.82, 2.24) is 9.78 Å². The molecule has 0 aliphatic heterocycles. The third-order valence-corrected chi connectivity index (χ3v) is 3.75. The van der Waals surface area contributed by atoms with Crippen molar-refractivity contribution in [1.29, 1.82) is 0 Å². The minimum absolute atomic E-state index is 0.267. The van der Waals surface area contributed by atoms with Crippen LogP contribution in [0, 0.1) is 0 Å². The molecule has 1 amide bonds. The van der Waals surface area contributed by atoms with Crippen LogP contribution >= 0.6 is 15.9 Å². The molecule has 106 valence electrons. The maximum atomic E-state index is 12.0. The van der Waals surface area contributed by atoms with E-state index in [9.17, 15) is 4.79 Å². The highest BCUT2D eigenvalue weighted by Crippen LogP contribution is 2.19. The molecule has 0 atom stereocenters. The van der Waals surface area contributed by atoms with Crippen LogP contribution in [0.3, 0.4) is 0 Å². The van der Waals surface area contributed by atoms with Gasteiger partial charge in [-0.15, -0.1) is 0 Å². The van der Waals surface area contributed by atoms with Crippen molar-refractivity contribution < 1.29 is 9.21 Å². The maximum absolute atomic E-state index is 12.0. The van der Waals surface area contributed by atoms with E-state index >= 15 is 0 Å². The van der Waals surface area contributed by atoms with E-state index in [2.05, 4.69) is 26.3 Å². The molecule has 0 aliphatic rings. The monoisotopic (exact) mass is 345 g/mol. The molecular formula is C15H12BrN3O2. The van der Waals surface area contributed by atoms with Gasteiger partial charge in [0.2, 0.25) is 0 Å². The number of hydrogen-bond acceptors (Lipinski definition) is 3. The minimum Gasteiger partial charge on any atom is -0.459 e. The average Bonchev–Trinajstić information content (AvgIpc) is 3.13. The summed E-state index contributed by atoms with van der Waals surface area (Å²) in [6.45, 7) is 0.558. The molecule has 0 unspecified atom stereocenters. The Hall–Kier alpha value is -2.34. The number of benzene rings is 1. The topological polar surface area (TPSA) is 60.1 Å². The van der Waals surface area contributed by atoms with Gasteiger partial charge in [-0.25, -0.2) is 4.68 Å². The number of halogens is 1. The second-order valence-corrected chi connectivity index (χ2v) is 5.25. The molecule has 0 bridgehead atoms. The van der Waals surface area contributed by atoms with Crippen LogP contribution < -0.4 is 5.32 Å². The number of hydrogen-bond donors (Lipinski definition) is 1. The first kappa shape index (κ1) is 13.6. The van der Waals surface area contributed by atoms with Gasteiger partial charge in [0.15, 0.2) is 5.76 Å². The van der Waals surface area contributed by atoms with E-state index in [4.69, 9.17) is 4.42 Å². The average molecular weight is 346 g/mol.